The first-order valence-corrected chi connectivity index (χ1v) is 4.93. The maximum Gasteiger partial charge on any atom is 0.433 e. The van der Waals surface area contributed by atoms with Gasteiger partial charge >= 0.3 is 6.18 Å². The Morgan fingerprint density at radius 1 is 1.27 bits per heavy atom. The molecular formula is C10H17F3N2. The number of hydrogen-bond donors (Lipinski definition) is 0. The zero-order chi connectivity index (χ0) is 12.2. The summed E-state index contributed by atoms with van der Waals surface area (Å²) in [6.45, 7) is 7.62. The van der Waals surface area contributed by atoms with Crippen LogP contribution in [0.3, 0.4) is 0 Å². The van der Waals surface area contributed by atoms with Gasteiger partial charge in [-0.15, -0.1) is 0 Å². The molecule has 0 aliphatic rings. The summed E-state index contributed by atoms with van der Waals surface area (Å²) in [4.78, 5) is 0. The fourth-order valence-corrected chi connectivity index (χ4v) is 1.04. The molecular weight excluding hydrogens is 205 g/mol. The highest BCUT2D eigenvalue weighted by Gasteiger charge is 2.35. The summed E-state index contributed by atoms with van der Waals surface area (Å²) in [7, 11) is 1.30. The van der Waals surface area contributed by atoms with Crippen molar-refractivity contribution in [2.75, 3.05) is 0 Å². The van der Waals surface area contributed by atoms with Crippen LogP contribution in [0.15, 0.2) is 6.07 Å². The summed E-state index contributed by atoms with van der Waals surface area (Å²) < 4.78 is 37.7. The Morgan fingerprint density at radius 3 is 1.93 bits per heavy atom. The van der Waals surface area contributed by atoms with Gasteiger partial charge < -0.3 is 0 Å². The highest BCUT2D eigenvalue weighted by Crippen LogP contribution is 2.30. The lowest BCUT2D eigenvalue weighted by atomic mass is 10.1. The minimum absolute atomic E-state index is 0.0160. The van der Waals surface area contributed by atoms with Crippen LogP contribution < -0.4 is 0 Å². The Bertz CT molecular complexity index is 300. The fourth-order valence-electron chi connectivity index (χ4n) is 1.04. The molecule has 2 nitrogen and oxygen atoms in total. The van der Waals surface area contributed by atoms with E-state index in [-0.39, 0.29) is 5.92 Å². The van der Waals surface area contributed by atoms with Gasteiger partial charge in [0.25, 0.3) is 0 Å². The number of hydrogen-bond acceptors (Lipinski definition) is 1. The Hall–Kier alpha value is -1.00. The highest BCUT2D eigenvalue weighted by molar-refractivity contribution is 5.15. The van der Waals surface area contributed by atoms with E-state index < -0.39 is 11.9 Å². The normalized spacial score (nSPS) is 11.3. The quantitative estimate of drug-likeness (QED) is 0.710. The Balaban J connectivity index is 0.000000921. The van der Waals surface area contributed by atoms with E-state index in [9.17, 15) is 13.2 Å². The Kier molecular flexibility index (Phi) is 4.84. The summed E-state index contributed by atoms with van der Waals surface area (Å²) in [5, 5.41) is 3.77. The molecule has 0 bridgehead atoms. The predicted octanol–water partition coefficient (Wildman–Crippen LogP) is 3.59. The third-order valence-corrected chi connectivity index (χ3v) is 1.78. The lowest BCUT2D eigenvalue weighted by Crippen LogP contribution is -2.11. The summed E-state index contributed by atoms with van der Waals surface area (Å²) in [6, 6.07) is 1.09. The second-order valence-electron chi connectivity index (χ2n) is 3.23. The van der Waals surface area contributed by atoms with Gasteiger partial charge in [-0.25, -0.2) is 0 Å². The van der Waals surface area contributed by atoms with Gasteiger partial charge in [0.15, 0.2) is 0 Å². The number of rotatable bonds is 1. The van der Waals surface area contributed by atoms with Gasteiger partial charge in [-0.05, 0) is 12.0 Å². The molecule has 0 aliphatic heterocycles. The van der Waals surface area contributed by atoms with Crippen molar-refractivity contribution in [3.8, 4) is 0 Å². The number of aryl methyl sites for hydroxylation is 1. The molecule has 0 atom stereocenters. The number of halogens is 3. The monoisotopic (exact) mass is 222 g/mol. The van der Waals surface area contributed by atoms with Gasteiger partial charge in [0.1, 0.15) is 5.69 Å². The molecule has 0 amide bonds. The van der Waals surface area contributed by atoms with E-state index >= 15 is 0 Å². The van der Waals surface area contributed by atoms with Crippen LogP contribution in [0.5, 0.6) is 0 Å². The molecule has 1 rings (SSSR count). The predicted molar refractivity (Wildman–Crippen MR) is 53.6 cm³/mol. The zero-order valence-electron chi connectivity index (χ0n) is 9.68. The van der Waals surface area contributed by atoms with E-state index in [0.717, 1.165) is 10.7 Å². The van der Waals surface area contributed by atoms with E-state index in [1.165, 1.54) is 7.05 Å². The molecule has 0 aromatic carbocycles. The van der Waals surface area contributed by atoms with E-state index in [4.69, 9.17) is 0 Å². The van der Waals surface area contributed by atoms with Gasteiger partial charge in [0.05, 0.1) is 5.69 Å². The van der Waals surface area contributed by atoms with Crippen molar-refractivity contribution in [3.05, 3.63) is 17.5 Å². The van der Waals surface area contributed by atoms with Crippen molar-refractivity contribution in [2.24, 2.45) is 7.05 Å². The molecule has 0 N–H and O–H groups in total. The van der Waals surface area contributed by atoms with Crippen molar-refractivity contribution >= 4 is 0 Å². The second kappa shape index (κ2) is 5.19. The minimum atomic E-state index is -4.31. The van der Waals surface area contributed by atoms with Crippen LogP contribution in [0.2, 0.25) is 0 Å². The largest absolute Gasteiger partial charge is 0.433 e. The van der Waals surface area contributed by atoms with Crippen molar-refractivity contribution in [1.29, 1.82) is 0 Å². The average Bonchev–Trinajstić information content (AvgIpc) is 2.50. The third kappa shape index (κ3) is 3.57. The van der Waals surface area contributed by atoms with Crippen molar-refractivity contribution in [1.82, 2.24) is 9.78 Å². The molecule has 1 heterocycles. The van der Waals surface area contributed by atoms with Crippen LogP contribution in [-0.4, -0.2) is 9.78 Å². The van der Waals surface area contributed by atoms with Gasteiger partial charge in [-0.3, -0.25) is 4.68 Å². The molecule has 0 fully saturated rings. The first kappa shape index (κ1) is 14.0. The molecule has 1 aromatic rings. The molecule has 0 saturated carbocycles. The van der Waals surface area contributed by atoms with Gasteiger partial charge in [-0.1, -0.05) is 27.7 Å². The van der Waals surface area contributed by atoms with Crippen LogP contribution >= 0.6 is 0 Å². The summed E-state index contributed by atoms with van der Waals surface area (Å²) in [6.07, 6.45) is -4.31. The molecule has 0 unspecified atom stereocenters. The molecule has 0 spiro atoms. The third-order valence-electron chi connectivity index (χ3n) is 1.78. The van der Waals surface area contributed by atoms with Crippen molar-refractivity contribution < 1.29 is 13.2 Å². The van der Waals surface area contributed by atoms with Crippen LogP contribution in [0.25, 0.3) is 0 Å². The summed E-state index contributed by atoms with van der Waals surface area (Å²) in [5.74, 6) is 0.0160. The zero-order valence-corrected chi connectivity index (χ0v) is 9.68. The average molecular weight is 222 g/mol. The number of alkyl halides is 3. The van der Waals surface area contributed by atoms with E-state index in [1.54, 1.807) is 0 Å². The molecule has 1 aromatic heterocycles. The van der Waals surface area contributed by atoms with Crippen molar-refractivity contribution in [2.45, 2.75) is 39.8 Å². The first-order chi connectivity index (χ1) is 6.82. The lowest BCUT2D eigenvalue weighted by Gasteiger charge is -2.04. The first-order valence-electron chi connectivity index (χ1n) is 4.93. The lowest BCUT2D eigenvalue weighted by molar-refractivity contribution is -0.143. The van der Waals surface area contributed by atoms with Gasteiger partial charge in [0.2, 0.25) is 0 Å². The van der Waals surface area contributed by atoms with E-state index in [2.05, 4.69) is 5.10 Å². The Morgan fingerprint density at radius 2 is 1.73 bits per heavy atom. The van der Waals surface area contributed by atoms with Crippen LogP contribution in [0.1, 0.15) is 45.0 Å². The molecule has 0 radical (unpaired) electrons. The molecule has 0 saturated heterocycles. The number of nitrogens with zero attached hydrogens (tertiary/aromatic N) is 2. The molecule has 5 heteroatoms. The molecule has 15 heavy (non-hydrogen) atoms. The maximum absolute atomic E-state index is 12.3. The second-order valence-corrected chi connectivity index (χ2v) is 3.23. The van der Waals surface area contributed by atoms with Crippen LogP contribution in [0.4, 0.5) is 13.2 Å². The molecule has 88 valence electrons. The minimum Gasteiger partial charge on any atom is -0.263 e. The SMILES string of the molecule is CC.CC(C)c1cc(C(F)(F)F)n(C)n1. The van der Waals surface area contributed by atoms with Crippen LogP contribution in [-0.2, 0) is 13.2 Å². The number of aromatic nitrogens is 2. The maximum atomic E-state index is 12.3. The van der Waals surface area contributed by atoms with Crippen LogP contribution in [0, 0.1) is 0 Å². The van der Waals surface area contributed by atoms with Gasteiger partial charge in [0, 0.05) is 7.05 Å². The highest BCUT2D eigenvalue weighted by atomic mass is 19.4. The van der Waals surface area contributed by atoms with Gasteiger partial charge in [-0.2, -0.15) is 18.3 Å². The topological polar surface area (TPSA) is 17.8 Å². The van der Waals surface area contributed by atoms with E-state index in [0.29, 0.717) is 5.69 Å². The van der Waals surface area contributed by atoms with Crippen molar-refractivity contribution in [3.63, 3.8) is 0 Å². The standard InChI is InChI=1S/C8H11F3N2.C2H6/c1-5(2)6-4-7(8(9,10)11)13(3)12-6;1-2/h4-5H,1-3H3;1-2H3. The Labute approximate surface area is 88.1 Å². The summed E-state index contributed by atoms with van der Waals surface area (Å²) >= 11 is 0. The summed E-state index contributed by atoms with van der Waals surface area (Å²) in [5.41, 5.74) is -0.231. The fraction of sp³-hybridized carbons (Fsp3) is 0.700. The smallest absolute Gasteiger partial charge is 0.263 e. The molecule has 0 aliphatic carbocycles. The van der Waals surface area contributed by atoms with E-state index in [1.807, 2.05) is 27.7 Å².